The van der Waals surface area contributed by atoms with Gasteiger partial charge in [0.15, 0.2) is 0 Å². The summed E-state index contributed by atoms with van der Waals surface area (Å²) in [6.45, 7) is 0. The summed E-state index contributed by atoms with van der Waals surface area (Å²) in [5.41, 5.74) is 9.97. The average molecular weight is 583 g/mol. The second-order valence-corrected chi connectivity index (χ2v) is 12.1. The van der Waals surface area contributed by atoms with Crippen LogP contribution in [0.15, 0.2) is 182 Å². The van der Waals surface area contributed by atoms with E-state index in [9.17, 15) is 0 Å². The summed E-state index contributed by atoms with van der Waals surface area (Å²) >= 11 is 0. The molecule has 0 fully saturated rings. The molecule has 0 N–H and O–H groups in total. The first kappa shape index (κ1) is 26.4. The SMILES string of the molecule is c1cc(-c2ccc3ccccc3c2)cc(-c2c3ccccc3c(-c3ccccc3-c3ccc4ccccc4c3)c3ccccc23)c1. The summed E-state index contributed by atoms with van der Waals surface area (Å²) < 4.78 is 0. The molecular formula is C46H30. The quantitative estimate of drug-likeness (QED) is 0.181. The maximum absolute atomic E-state index is 2.36. The van der Waals surface area contributed by atoms with Gasteiger partial charge in [-0.2, -0.15) is 0 Å². The number of hydrogen-bond acceptors (Lipinski definition) is 0. The Balaban J connectivity index is 1.29. The van der Waals surface area contributed by atoms with E-state index >= 15 is 0 Å². The Hall–Kier alpha value is -5.98. The summed E-state index contributed by atoms with van der Waals surface area (Å²) in [7, 11) is 0. The summed E-state index contributed by atoms with van der Waals surface area (Å²) in [5, 5.41) is 10.1. The molecule has 0 amide bonds. The molecule has 0 nitrogen and oxygen atoms in total. The molecule has 0 radical (unpaired) electrons. The van der Waals surface area contributed by atoms with Gasteiger partial charge in [-0.05, 0) is 106 Å². The van der Waals surface area contributed by atoms with Gasteiger partial charge < -0.3 is 0 Å². The van der Waals surface area contributed by atoms with Gasteiger partial charge in [0.2, 0.25) is 0 Å². The fraction of sp³-hybridized carbons (Fsp3) is 0. The van der Waals surface area contributed by atoms with Gasteiger partial charge in [0.25, 0.3) is 0 Å². The van der Waals surface area contributed by atoms with Crippen molar-refractivity contribution in [3.63, 3.8) is 0 Å². The summed E-state index contributed by atoms with van der Waals surface area (Å²) in [4.78, 5) is 0. The highest BCUT2D eigenvalue weighted by molar-refractivity contribution is 6.22. The van der Waals surface area contributed by atoms with Gasteiger partial charge in [0, 0.05) is 0 Å². The van der Waals surface area contributed by atoms with Crippen LogP contribution >= 0.6 is 0 Å². The van der Waals surface area contributed by atoms with Gasteiger partial charge in [-0.3, -0.25) is 0 Å². The van der Waals surface area contributed by atoms with Crippen LogP contribution in [0, 0.1) is 0 Å². The normalized spacial score (nSPS) is 11.5. The highest BCUT2D eigenvalue weighted by Gasteiger charge is 2.19. The van der Waals surface area contributed by atoms with Crippen LogP contribution in [0.1, 0.15) is 0 Å². The molecule has 214 valence electrons. The van der Waals surface area contributed by atoms with E-state index in [0.717, 1.165) is 0 Å². The average Bonchev–Trinajstić information content (AvgIpc) is 3.13. The van der Waals surface area contributed by atoms with Crippen LogP contribution in [0.5, 0.6) is 0 Å². The molecule has 46 heavy (non-hydrogen) atoms. The minimum absolute atomic E-state index is 1.22. The van der Waals surface area contributed by atoms with Crippen molar-refractivity contribution in [1.29, 1.82) is 0 Å². The smallest absolute Gasteiger partial charge is 0.00201 e. The highest BCUT2D eigenvalue weighted by Crippen LogP contribution is 2.46. The number of fused-ring (bicyclic) bond motifs is 4. The predicted octanol–water partition coefficient (Wildman–Crippen LogP) is 13.0. The fourth-order valence-electron chi connectivity index (χ4n) is 7.26. The molecule has 0 saturated heterocycles. The lowest BCUT2D eigenvalue weighted by Crippen LogP contribution is -1.93. The Kier molecular flexibility index (Phi) is 6.25. The summed E-state index contributed by atoms with van der Waals surface area (Å²) in [5.74, 6) is 0. The van der Waals surface area contributed by atoms with Crippen LogP contribution in [0.3, 0.4) is 0 Å². The Labute approximate surface area is 268 Å². The molecule has 0 atom stereocenters. The minimum atomic E-state index is 1.22. The number of hydrogen-bond donors (Lipinski definition) is 0. The number of benzene rings is 9. The van der Waals surface area contributed by atoms with Crippen molar-refractivity contribution in [2.75, 3.05) is 0 Å². The van der Waals surface area contributed by atoms with Gasteiger partial charge >= 0.3 is 0 Å². The second kappa shape index (κ2) is 10.9. The van der Waals surface area contributed by atoms with Crippen molar-refractivity contribution in [2.24, 2.45) is 0 Å². The maximum Gasteiger partial charge on any atom is -0.00201 e. The van der Waals surface area contributed by atoms with E-state index in [1.54, 1.807) is 0 Å². The van der Waals surface area contributed by atoms with Crippen LogP contribution in [0.2, 0.25) is 0 Å². The molecule has 0 saturated carbocycles. The predicted molar refractivity (Wildman–Crippen MR) is 198 cm³/mol. The minimum Gasteiger partial charge on any atom is -0.0616 e. The largest absolute Gasteiger partial charge is 0.0616 e. The highest BCUT2D eigenvalue weighted by atomic mass is 14.2. The van der Waals surface area contributed by atoms with Crippen molar-refractivity contribution in [1.82, 2.24) is 0 Å². The van der Waals surface area contributed by atoms with E-state index in [1.165, 1.54) is 87.6 Å². The van der Waals surface area contributed by atoms with Gasteiger partial charge in [-0.1, -0.05) is 164 Å². The Bertz CT molecular complexity index is 2530. The third-order valence-electron chi connectivity index (χ3n) is 9.42. The third-order valence-corrected chi connectivity index (χ3v) is 9.42. The molecule has 0 spiro atoms. The molecule has 0 aliphatic heterocycles. The maximum atomic E-state index is 2.36. The van der Waals surface area contributed by atoms with Crippen molar-refractivity contribution in [3.8, 4) is 44.5 Å². The molecule has 0 aliphatic carbocycles. The lowest BCUT2D eigenvalue weighted by molar-refractivity contribution is 1.61. The van der Waals surface area contributed by atoms with Crippen LogP contribution in [0.4, 0.5) is 0 Å². The van der Waals surface area contributed by atoms with Crippen LogP contribution in [-0.2, 0) is 0 Å². The Morgan fingerprint density at radius 2 is 0.652 bits per heavy atom. The van der Waals surface area contributed by atoms with Gasteiger partial charge in [0.05, 0.1) is 0 Å². The van der Waals surface area contributed by atoms with Crippen molar-refractivity contribution < 1.29 is 0 Å². The topological polar surface area (TPSA) is 0 Å². The van der Waals surface area contributed by atoms with Crippen LogP contribution in [0.25, 0.3) is 87.6 Å². The van der Waals surface area contributed by atoms with Gasteiger partial charge in [-0.15, -0.1) is 0 Å². The first-order valence-electron chi connectivity index (χ1n) is 15.9. The van der Waals surface area contributed by atoms with Crippen LogP contribution < -0.4 is 0 Å². The van der Waals surface area contributed by atoms with E-state index in [0.29, 0.717) is 0 Å². The molecule has 0 aliphatic rings. The molecule has 0 unspecified atom stereocenters. The molecule has 0 heteroatoms. The van der Waals surface area contributed by atoms with Crippen LogP contribution in [-0.4, -0.2) is 0 Å². The zero-order chi connectivity index (χ0) is 30.5. The molecule has 9 aromatic carbocycles. The lowest BCUT2D eigenvalue weighted by atomic mass is 9.83. The van der Waals surface area contributed by atoms with Gasteiger partial charge in [0.1, 0.15) is 0 Å². The molecule has 9 aromatic rings. The van der Waals surface area contributed by atoms with Crippen molar-refractivity contribution in [3.05, 3.63) is 182 Å². The summed E-state index contributed by atoms with van der Waals surface area (Å²) in [6, 6.07) is 66.6. The first-order chi connectivity index (χ1) is 22.8. The molecule has 0 aromatic heterocycles. The van der Waals surface area contributed by atoms with E-state index in [1.807, 2.05) is 0 Å². The third kappa shape index (κ3) is 4.38. The number of rotatable bonds is 4. The zero-order valence-electron chi connectivity index (χ0n) is 25.3. The van der Waals surface area contributed by atoms with Gasteiger partial charge in [-0.25, -0.2) is 0 Å². The molecular weight excluding hydrogens is 553 g/mol. The van der Waals surface area contributed by atoms with E-state index in [-0.39, 0.29) is 0 Å². The van der Waals surface area contributed by atoms with Crippen molar-refractivity contribution >= 4 is 43.1 Å². The lowest BCUT2D eigenvalue weighted by Gasteiger charge is -2.20. The fourth-order valence-corrected chi connectivity index (χ4v) is 7.26. The van der Waals surface area contributed by atoms with Crippen molar-refractivity contribution in [2.45, 2.75) is 0 Å². The summed E-state index contributed by atoms with van der Waals surface area (Å²) in [6.07, 6.45) is 0. The Morgan fingerprint density at radius 1 is 0.217 bits per heavy atom. The monoisotopic (exact) mass is 582 g/mol. The van der Waals surface area contributed by atoms with E-state index in [2.05, 4.69) is 182 Å². The Morgan fingerprint density at radius 3 is 1.28 bits per heavy atom. The molecule has 0 bridgehead atoms. The zero-order valence-corrected chi connectivity index (χ0v) is 25.3. The molecule has 9 rings (SSSR count). The second-order valence-electron chi connectivity index (χ2n) is 12.1. The molecule has 0 heterocycles. The van der Waals surface area contributed by atoms with E-state index in [4.69, 9.17) is 0 Å². The first-order valence-corrected chi connectivity index (χ1v) is 15.9. The van der Waals surface area contributed by atoms with E-state index < -0.39 is 0 Å². The standard InChI is InChI=1S/C46H30/c1-3-14-33-28-36(26-24-31(33)12-1)35-16-11-17-38(30-35)45-41-20-7-9-22-43(41)46(44-23-10-8-21-42(44)45)40-19-6-5-18-39(40)37-27-25-32-13-2-4-15-34(32)29-37/h1-30H.